The average molecular weight is 246 g/mol. The van der Waals surface area contributed by atoms with Crippen molar-refractivity contribution in [2.24, 2.45) is 0 Å². The highest BCUT2D eigenvalue weighted by Crippen LogP contribution is 2.21. The minimum atomic E-state index is -1.01. The van der Waals surface area contributed by atoms with Crippen LogP contribution in [0.2, 0.25) is 5.02 Å². The van der Waals surface area contributed by atoms with Crippen molar-refractivity contribution in [1.29, 1.82) is 0 Å². The van der Waals surface area contributed by atoms with Gasteiger partial charge in [0, 0.05) is 10.4 Å². The normalized spacial score (nSPS) is 11.1. The number of hydrogen-bond donors (Lipinski definition) is 1. The highest BCUT2D eigenvalue weighted by Gasteiger charge is 2.06. The van der Waals surface area contributed by atoms with E-state index in [-0.39, 0.29) is 0 Å². The molecule has 1 heterocycles. The standard InChI is InChI=1S/C14H12ClNO/c1-14(2,17)9-8-10-6-7-11-12(15)4-3-5-13(11)16-10/h3-7,17H,1-2H3. The smallest absolute Gasteiger partial charge is 0.120 e. The summed E-state index contributed by atoms with van der Waals surface area (Å²) in [6.07, 6.45) is 0. The van der Waals surface area contributed by atoms with Crippen LogP contribution in [0.15, 0.2) is 30.3 Å². The van der Waals surface area contributed by atoms with Crippen molar-refractivity contribution >= 4 is 22.5 Å². The van der Waals surface area contributed by atoms with Crippen molar-refractivity contribution in [1.82, 2.24) is 4.98 Å². The summed E-state index contributed by atoms with van der Waals surface area (Å²) in [6, 6.07) is 9.25. The van der Waals surface area contributed by atoms with Crippen LogP contribution in [0.25, 0.3) is 10.9 Å². The van der Waals surface area contributed by atoms with E-state index in [0.29, 0.717) is 10.7 Å². The molecule has 0 radical (unpaired) electrons. The number of halogens is 1. The maximum Gasteiger partial charge on any atom is 0.120 e. The van der Waals surface area contributed by atoms with Crippen LogP contribution in [-0.2, 0) is 0 Å². The topological polar surface area (TPSA) is 33.1 Å². The van der Waals surface area contributed by atoms with Crippen molar-refractivity contribution in [2.75, 3.05) is 0 Å². The number of nitrogens with zero attached hydrogens (tertiary/aromatic N) is 1. The Balaban J connectivity index is 2.48. The molecule has 1 N–H and O–H groups in total. The van der Waals surface area contributed by atoms with Crippen molar-refractivity contribution in [2.45, 2.75) is 19.4 Å². The second-order valence-electron chi connectivity index (χ2n) is 4.31. The average Bonchev–Trinajstić information content (AvgIpc) is 2.26. The summed E-state index contributed by atoms with van der Waals surface area (Å²) in [6.45, 7) is 3.27. The molecule has 3 heteroatoms. The maximum absolute atomic E-state index is 9.51. The summed E-state index contributed by atoms with van der Waals surface area (Å²) >= 11 is 6.04. The van der Waals surface area contributed by atoms with Gasteiger partial charge in [0.2, 0.25) is 0 Å². The number of pyridine rings is 1. The molecule has 0 saturated carbocycles. The zero-order chi connectivity index (χ0) is 12.5. The molecule has 0 spiro atoms. The Kier molecular flexibility index (Phi) is 3.06. The minimum Gasteiger partial charge on any atom is -0.378 e. The van der Waals surface area contributed by atoms with Crippen molar-refractivity contribution < 1.29 is 5.11 Å². The molecule has 0 atom stereocenters. The molecular formula is C14H12ClNO. The van der Waals surface area contributed by atoms with Crippen LogP contribution < -0.4 is 0 Å². The van der Waals surface area contributed by atoms with Gasteiger partial charge in [0.1, 0.15) is 11.3 Å². The molecule has 17 heavy (non-hydrogen) atoms. The van der Waals surface area contributed by atoms with Crippen LogP contribution in [-0.4, -0.2) is 15.7 Å². The third-order valence-corrected chi connectivity index (χ3v) is 2.50. The Hall–Kier alpha value is -1.56. The van der Waals surface area contributed by atoms with E-state index in [4.69, 9.17) is 11.6 Å². The summed E-state index contributed by atoms with van der Waals surface area (Å²) in [5, 5.41) is 11.1. The zero-order valence-electron chi connectivity index (χ0n) is 9.66. The predicted octanol–water partition coefficient (Wildman–Crippen LogP) is 3.01. The molecule has 0 saturated heterocycles. The number of aromatic nitrogens is 1. The third-order valence-electron chi connectivity index (χ3n) is 2.18. The molecule has 0 aliphatic rings. The molecule has 1 aromatic carbocycles. The van der Waals surface area contributed by atoms with Crippen LogP contribution in [0, 0.1) is 11.8 Å². The molecule has 0 bridgehead atoms. The first-order valence-corrected chi connectivity index (χ1v) is 5.64. The molecule has 2 aromatic rings. The second-order valence-corrected chi connectivity index (χ2v) is 4.72. The van der Waals surface area contributed by atoms with Gasteiger partial charge in [-0.15, -0.1) is 0 Å². The number of hydrogen-bond acceptors (Lipinski definition) is 2. The summed E-state index contributed by atoms with van der Waals surface area (Å²) < 4.78 is 0. The predicted molar refractivity (Wildman–Crippen MR) is 69.9 cm³/mol. The quantitative estimate of drug-likeness (QED) is 0.724. The molecule has 0 amide bonds. The van der Waals surface area contributed by atoms with Crippen molar-refractivity contribution in [3.8, 4) is 11.8 Å². The summed E-state index contributed by atoms with van der Waals surface area (Å²) in [4.78, 5) is 4.37. The van der Waals surface area contributed by atoms with Crippen LogP contribution in [0.1, 0.15) is 19.5 Å². The van der Waals surface area contributed by atoms with E-state index in [1.54, 1.807) is 19.9 Å². The number of rotatable bonds is 0. The fourth-order valence-electron chi connectivity index (χ4n) is 1.40. The number of aliphatic hydroxyl groups is 1. The molecule has 86 valence electrons. The lowest BCUT2D eigenvalue weighted by Gasteiger charge is -2.06. The van der Waals surface area contributed by atoms with E-state index in [1.807, 2.05) is 24.3 Å². The van der Waals surface area contributed by atoms with Gasteiger partial charge in [-0.05, 0) is 44.0 Å². The van der Waals surface area contributed by atoms with Crippen LogP contribution >= 0.6 is 11.6 Å². The van der Waals surface area contributed by atoms with Gasteiger partial charge < -0.3 is 5.11 Å². The Bertz CT molecular complexity index is 617. The van der Waals surface area contributed by atoms with Crippen LogP contribution in [0.4, 0.5) is 0 Å². The molecule has 1 aromatic heterocycles. The van der Waals surface area contributed by atoms with E-state index in [9.17, 15) is 5.11 Å². The molecular weight excluding hydrogens is 234 g/mol. The van der Waals surface area contributed by atoms with Gasteiger partial charge in [-0.3, -0.25) is 0 Å². The monoisotopic (exact) mass is 245 g/mol. The zero-order valence-corrected chi connectivity index (χ0v) is 10.4. The fraction of sp³-hybridized carbons (Fsp3) is 0.214. The van der Waals surface area contributed by atoms with Crippen molar-refractivity contribution in [3.63, 3.8) is 0 Å². The van der Waals surface area contributed by atoms with Crippen LogP contribution in [0.3, 0.4) is 0 Å². The molecule has 0 unspecified atom stereocenters. The first kappa shape index (κ1) is 11.9. The molecule has 2 nitrogen and oxygen atoms in total. The lowest BCUT2D eigenvalue weighted by atomic mass is 10.1. The lowest BCUT2D eigenvalue weighted by Crippen LogP contribution is -2.14. The first-order chi connectivity index (χ1) is 7.96. The third kappa shape index (κ3) is 2.97. The lowest BCUT2D eigenvalue weighted by molar-refractivity contribution is 0.143. The van der Waals surface area contributed by atoms with Gasteiger partial charge >= 0.3 is 0 Å². The largest absolute Gasteiger partial charge is 0.378 e. The van der Waals surface area contributed by atoms with Crippen molar-refractivity contribution in [3.05, 3.63) is 41.0 Å². The summed E-state index contributed by atoms with van der Waals surface area (Å²) in [5.41, 5.74) is 0.423. The Morgan fingerprint density at radius 1 is 1.24 bits per heavy atom. The summed E-state index contributed by atoms with van der Waals surface area (Å²) in [5.74, 6) is 5.57. The first-order valence-electron chi connectivity index (χ1n) is 5.26. The van der Waals surface area contributed by atoms with E-state index >= 15 is 0 Å². The Labute approximate surface area is 105 Å². The minimum absolute atomic E-state index is 0.627. The van der Waals surface area contributed by atoms with E-state index in [2.05, 4.69) is 16.8 Å². The van der Waals surface area contributed by atoms with Gasteiger partial charge in [0.15, 0.2) is 0 Å². The van der Waals surface area contributed by atoms with Gasteiger partial charge in [0.05, 0.1) is 5.52 Å². The SMILES string of the molecule is CC(C)(O)C#Cc1ccc2c(Cl)cccc2n1. The molecule has 0 aliphatic heterocycles. The number of fused-ring (bicyclic) bond motifs is 1. The summed E-state index contributed by atoms with van der Waals surface area (Å²) in [7, 11) is 0. The van der Waals surface area contributed by atoms with Gasteiger partial charge in [-0.2, -0.15) is 0 Å². The van der Waals surface area contributed by atoms with Gasteiger partial charge in [-0.25, -0.2) is 4.98 Å². The fourth-order valence-corrected chi connectivity index (χ4v) is 1.64. The van der Waals surface area contributed by atoms with Gasteiger partial charge in [-0.1, -0.05) is 23.6 Å². The maximum atomic E-state index is 9.51. The number of benzene rings is 1. The Morgan fingerprint density at radius 2 is 2.00 bits per heavy atom. The second kappa shape index (κ2) is 4.37. The van der Waals surface area contributed by atoms with Gasteiger partial charge in [0.25, 0.3) is 0 Å². The molecule has 0 fully saturated rings. The Morgan fingerprint density at radius 3 is 2.71 bits per heavy atom. The van der Waals surface area contributed by atoms with Crippen LogP contribution in [0.5, 0.6) is 0 Å². The highest BCUT2D eigenvalue weighted by molar-refractivity contribution is 6.35. The van der Waals surface area contributed by atoms with E-state index < -0.39 is 5.60 Å². The van der Waals surface area contributed by atoms with E-state index in [1.165, 1.54) is 0 Å². The van der Waals surface area contributed by atoms with E-state index in [0.717, 1.165) is 10.9 Å². The molecule has 2 rings (SSSR count). The molecule has 0 aliphatic carbocycles. The highest BCUT2D eigenvalue weighted by atomic mass is 35.5.